The Morgan fingerprint density at radius 2 is 1.97 bits per heavy atom. The fourth-order valence-electron chi connectivity index (χ4n) is 2.81. The SMILES string of the molecule is CCCSc1nc2c(c(=O)[nH]1)[C@H](C(=O)Nc1ccc(C(F)(F)F)cc1)CC(=O)N2. The van der Waals surface area contributed by atoms with Crippen molar-refractivity contribution in [1.82, 2.24) is 9.97 Å². The highest BCUT2D eigenvalue weighted by atomic mass is 32.2. The van der Waals surface area contributed by atoms with Crippen molar-refractivity contribution in [3.63, 3.8) is 0 Å². The van der Waals surface area contributed by atoms with Crippen LogP contribution in [-0.2, 0) is 15.8 Å². The Morgan fingerprint density at radius 1 is 1.28 bits per heavy atom. The zero-order valence-corrected chi connectivity index (χ0v) is 16.0. The summed E-state index contributed by atoms with van der Waals surface area (Å²) in [4.78, 5) is 44.0. The maximum atomic E-state index is 12.7. The summed E-state index contributed by atoms with van der Waals surface area (Å²) >= 11 is 1.31. The first-order valence-electron chi connectivity index (χ1n) is 8.74. The average molecular weight is 426 g/mol. The number of hydrogen-bond acceptors (Lipinski definition) is 5. The summed E-state index contributed by atoms with van der Waals surface area (Å²) in [6, 6.07) is 3.89. The molecule has 0 saturated heterocycles. The summed E-state index contributed by atoms with van der Waals surface area (Å²) < 4.78 is 38.0. The number of anilines is 2. The summed E-state index contributed by atoms with van der Waals surface area (Å²) in [7, 11) is 0. The van der Waals surface area contributed by atoms with Gasteiger partial charge in [0.1, 0.15) is 5.82 Å². The second kappa shape index (κ2) is 8.27. The molecule has 1 atom stereocenters. The van der Waals surface area contributed by atoms with Gasteiger partial charge in [-0.1, -0.05) is 18.7 Å². The Labute approximate surface area is 167 Å². The minimum atomic E-state index is -4.49. The highest BCUT2D eigenvalue weighted by Gasteiger charge is 2.35. The lowest BCUT2D eigenvalue weighted by molar-refractivity contribution is -0.137. The zero-order chi connectivity index (χ0) is 21.2. The number of benzene rings is 1. The minimum absolute atomic E-state index is 0.0230. The summed E-state index contributed by atoms with van der Waals surface area (Å²) in [5.74, 6) is -1.52. The number of alkyl halides is 3. The van der Waals surface area contributed by atoms with Gasteiger partial charge in [-0.05, 0) is 30.7 Å². The van der Waals surface area contributed by atoms with Gasteiger partial charge in [0.15, 0.2) is 5.16 Å². The Kier molecular flexibility index (Phi) is 5.96. The van der Waals surface area contributed by atoms with Gasteiger partial charge in [0.25, 0.3) is 5.56 Å². The third kappa shape index (κ3) is 4.78. The molecular formula is C18H17F3N4O3S. The minimum Gasteiger partial charge on any atom is -0.326 e. The Bertz CT molecular complexity index is 989. The molecule has 1 aliphatic heterocycles. The fourth-order valence-corrected chi connectivity index (χ4v) is 3.53. The van der Waals surface area contributed by atoms with Gasteiger partial charge in [0, 0.05) is 17.9 Å². The maximum Gasteiger partial charge on any atom is 0.416 e. The number of aromatic nitrogens is 2. The van der Waals surface area contributed by atoms with Gasteiger partial charge in [-0.2, -0.15) is 13.2 Å². The number of fused-ring (bicyclic) bond motifs is 1. The molecule has 0 unspecified atom stereocenters. The molecule has 0 spiro atoms. The van der Waals surface area contributed by atoms with Gasteiger partial charge < -0.3 is 15.6 Å². The van der Waals surface area contributed by atoms with Crippen molar-refractivity contribution in [2.24, 2.45) is 0 Å². The molecule has 2 amide bonds. The second-order valence-corrected chi connectivity index (χ2v) is 7.43. The van der Waals surface area contributed by atoms with Gasteiger partial charge in [-0.25, -0.2) is 4.98 Å². The first-order chi connectivity index (χ1) is 13.7. The van der Waals surface area contributed by atoms with E-state index in [2.05, 4.69) is 20.6 Å². The quantitative estimate of drug-likeness (QED) is 0.503. The zero-order valence-electron chi connectivity index (χ0n) is 15.2. The molecule has 154 valence electrons. The number of nitrogens with zero attached hydrogens (tertiary/aromatic N) is 1. The van der Waals surface area contributed by atoms with Crippen LogP contribution in [0.1, 0.15) is 36.8 Å². The molecule has 3 rings (SSSR count). The lowest BCUT2D eigenvalue weighted by atomic mass is 9.92. The molecule has 2 heterocycles. The van der Waals surface area contributed by atoms with Gasteiger partial charge in [-0.15, -0.1) is 0 Å². The number of nitrogens with one attached hydrogen (secondary N) is 3. The third-order valence-electron chi connectivity index (χ3n) is 4.17. The van der Waals surface area contributed by atoms with E-state index in [4.69, 9.17) is 0 Å². The number of amides is 2. The number of carbonyl (C=O) groups excluding carboxylic acids is 2. The Morgan fingerprint density at radius 3 is 2.59 bits per heavy atom. The largest absolute Gasteiger partial charge is 0.416 e. The van der Waals surface area contributed by atoms with E-state index < -0.39 is 35.0 Å². The van der Waals surface area contributed by atoms with Crippen LogP contribution in [0, 0.1) is 0 Å². The van der Waals surface area contributed by atoms with Crippen LogP contribution in [0.15, 0.2) is 34.2 Å². The highest BCUT2D eigenvalue weighted by molar-refractivity contribution is 7.99. The summed E-state index contributed by atoms with van der Waals surface area (Å²) in [5.41, 5.74) is -1.25. The molecule has 3 N–H and O–H groups in total. The van der Waals surface area contributed by atoms with Gasteiger partial charge in [0.05, 0.1) is 17.0 Å². The Hall–Kier alpha value is -2.82. The second-order valence-electron chi connectivity index (χ2n) is 6.35. The smallest absolute Gasteiger partial charge is 0.326 e. The lowest BCUT2D eigenvalue weighted by Crippen LogP contribution is -2.36. The van der Waals surface area contributed by atoms with E-state index in [-0.39, 0.29) is 23.5 Å². The summed E-state index contributed by atoms with van der Waals surface area (Å²) in [5, 5.41) is 5.29. The molecule has 2 aromatic rings. The maximum absolute atomic E-state index is 12.7. The molecule has 0 bridgehead atoms. The number of rotatable bonds is 5. The van der Waals surface area contributed by atoms with Gasteiger partial charge >= 0.3 is 6.18 Å². The van der Waals surface area contributed by atoms with E-state index in [1.54, 1.807) is 0 Å². The molecular weight excluding hydrogens is 409 g/mol. The molecule has 7 nitrogen and oxygen atoms in total. The van der Waals surface area contributed by atoms with Crippen LogP contribution in [-0.4, -0.2) is 27.5 Å². The predicted molar refractivity (Wildman–Crippen MR) is 102 cm³/mol. The van der Waals surface area contributed by atoms with E-state index in [9.17, 15) is 27.6 Å². The predicted octanol–water partition coefficient (Wildman–Crippen LogP) is 3.36. The van der Waals surface area contributed by atoms with Gasteiger partial charge in [-0.3, -0.25) is 14.4 Å². The van der Waals surface area contributed by atoms with Crippen LogP contribution in [0.2, 0.25) is 0 Å². The van der Waals surface area contributed by atoms with E-state index >= 15 is 0 Å². The fraction of sp³-hybridized carbons (Fsp3) is 0.333. The van der Waals surface area contributed by atoms with E-state index in [1.807, 2.05) is 6.92 Å². The highest BCUT2D eigenvalue weighted by Crippen LogP contribution is 2.32. The molecule has 0 saturated carbocycles. The number of thioether (sulfide) groups is 1. The van der Waals surface area contributed by atoms with Crippen molar-refractivity contribution in [3.05, 3.63) is 45.7 Å². The standard InChI is InChI=1S/C18H17F3N4O3S/c1-2-7-29-17-24-14-13(16(28)25-17)11(8-12(26)23-14)15(27)22-10-5-3-9(4-6-10)18(19,20)21/h3-6,11H,2,7-8H2,1H3,(H,22,27)(H2,23,24,25,26,28)/t11-/m1/s1. The summed E-state index contributed by atoms with van der Waals surface area (Å²) in [6.07, 6.45) is -3.91. The van der Waals surface area contributed by atoms with E-state index in [0.717, 1.165) is 30.7 Å². The number of carbonyl (C=O) groups is 2. The molecule has 0 radical (unpaired) electrons. The van der Waals surface area contributed by atoms with Crippen molar-refractivity contribution >= 4 is 35.1 Å². The van der Waals surface area contributed by atoms with Crippen molar-refractivity contribution in [1.29, 1.82) is 0 Å². The average Bonchev–Trinajstić information content (AvgIpc) is 2.65. The number of H-pyrrole nitrogens is 1. The van der Waals surface area contributed by atoms with Crippen LogP contribution in [0.5, 0.6) is 0 Å². The topological polar surface area (TPSA) is 104 Å². The van der Waals surface area contributed by atoms with Crippen LogP contribution in [0.4, 0.5) is 24.7 Å². The molecule has 1 aromatic heterocycles. The van der Waals surface area contributed by atoms with Crippen molar-refractivity contribution in [2.75, 3.05) is 16.4 Å². The van der Waals surface area contributed by atoms with Gasteiger partial charge in [0.2, 0.25) is 11.8 Å². The summed E-state index contributed by atoms with van der Waals surface area (Å²) in [6.45, 7) is 1.97. The van der Waals surface area contributed by atoms with Crippen molar-refractivity contribution in [2.45, 2.75) is 37.0 Å². The third-order valence-corrected chi connectivity index (χ3v) is 5.25. The van der Waals surface area contributed by atoms with Crippen LogP contribution >= 0.6 is 11.8 Å². The van der Waals surface area contributed by atoms with E-state index in [1.165, 1.54) is 11.8 Å². The molecule has 29 heavy (non-hydrogen) atoms. The monoisotopic (exact) mass is 426 g/mol. The first kappa shape index (κ1) is 20.9. The number of halogens is 3. The lowest BCUT2D eigenvalue weighted by Gasteiger charge is -2.23. The normalized spacial score (nSPS) is 16.1. The number of hydrogen-bond donors (Lipinski definition) is 3. The molecule has 1 aliphatic rings. The molecule has 11 heteroatoms. The van der Waals surface area contributed by atoms with Crippen LogP contribution < -0.4 is 16.2 Å². The molecule has 0 fully saturated rings. The first-order valence-corrected chi connectivity index (χ1v) is 9.72. The van der Waals surface area contributed by atoms with Crippen molar-refractivity contribution in [3.8, 4) is 0 Å². The Balaban J connectivity index is 1.85. The van der Waals surface area contributed by atoms with E-state index in [0.29, 0.717) is 10.9 Å². The van der Waals surface area contributed by atoms with Crippen LogP contribution in [0.3, 0.4) is 0 Å². The molecule has 1 aromatic carbocycles. The number of aromatic amines is 1. The van der Waals surface area contributed by atoms with Crippen molar-refractivity contribution < 1.29 is 22.8 Å². The molecule has 0 aliphatic carbocycles. The van der Waals surface area contributed by atoms with Crippen LogP contribution in [0.25, 0.3) is 0 Å².